The van der Waals surface area contributed by atoms with Crippen LogP contribution in [0.15, 0.2) is 84.9 Å². The van der Waals surface area contributed by atoms with Crippen molar-refractivity contribution in [3.8, 4) is 11.5 Å². The molecule has 0 saturated carbocycles. The lowest BCUT2D eigenvalue weighted by atomic mass is 9.83. The third-order valence-electron chi connectivity index (χ3n) is 5.47. The largest absolute Gasteiger partial charge is 0.494 e. The van der Waals surface area contributed by atoms with Crippen molar-refractivity contribution in [2.45, 2.75) is 18.9 Å². The van der Waals surface area contributed by atoms with E-state index in [4.69, 9.17) is 9.47 Å². The van der Waals surface area contributed by atoms with Gasteiger partial charge in [-0.05, 0) is 42.3 Å². The molecule has 1 heterocycles. The second kappa shape index (κ2) is 9.56. The fourth-order valence-corrected chi connectivity index (χ4v) is 3.92. The molecule has 1 aliphatic rings. The molecule has 0 bridgehead atoms. The van der Waals surface area contributed by atoms with Gasteiger partial charge in [-0.2, -0.15) is 0 Å². The molecule has 6 nitrogen and oxygen atoms in total. The Balaban J connectivity index is 1.49. The van der Waals surface area contributed by atoms with Gasteiger partial charge in [-0.1, -0.05) is 60.7 Å². The monoisotopic (exact) mass is 430 g/mol. The SMILES string of the molecule is CCOc1ccc(OCCN2C(=O)NC(Cc3ccccc3)(c3ccccc3)C2=O)cc1. The number of hydrogen-bond donors (Lipinski definition) is 1. The summed E-state index contributed by atoms with van der Waals surface area (Å²) in [6.07, 6.45) is 0.374. The van der Waals surface area contributed by atoms with Gasteiger partial charge < -0.3 is 14.8 Å². The lowest BCUT2D eigenvalue weighted by molar-refractivity contribution is -0.131. The average molecular weight is 431 g/mol. The molecule has 0 radical (unpaired) electrons. The number of benzene rings is 3. The Labute approximate surface area is 187 Å². The van der Waals surface area contributed by atoms with Gasteiger partial charge in [-0.25, -0.2) is 4.79 Å². The maximum Gasteiger partial charge on any atom is 0.325 e. The van der Waals surface area contributed by atoms with Crippen molar-refractivity contribution in [3.63, 3.8) is 0 Å². The number of nitrogens with one attached hydrogen (secondary N) is 1. The van der Waals surface area contributed by atoms with Crippen molar-refractivity contribution in [1.82, 2.24) is 10.2 Å². The number of amides is 3. The van der Waals surface area contributed by atoms with Crippen LogP contribution in [0, 0.1) is 0 Å². The molecular weight excluding hydrogens is 404 g/mol. The van der Waals surface area contributed by atoms with Crippen molar-refractivity contribution in [2.24, 2.45) is 0 Å². The summed E-state index contributed by atoms with van der Waals surface area (Å²) in [5, 5.41) is 2.97. The molecule has 3 amide bonds. The Morgan fingerprint density at radius 2 is 1.41 bits per heavy atom. The first-order valence-corrected chi connectivity index (χ1v) is 10.7. The van der Waals surface area contributed by atoms with Crippen LogP contribution in [0.25, 0.3) is 0 Å². The summed E-state index contributed by atoms with van der Waals surface area (Å²) in [4.78, 5) is 27.7. The molecule has 1 aliphatic heterocycles. The quantitative estimate of drug-likeness (QED) is 0.518. The molecule has 1 saturated heterocycles. The highest BCUT2D eigenvalue weighted by Gasteiger charge is 2.52. The second-order valence-electron chi connectivity index (χ2n) is 7.57. The van der Waals surface area contributed by atoms with Crippen LogP contribution in [0.1, 0.15) is 18.1 Å². The van der Waals surface area contributed by atoms with E-state index in [1.54, 1.807) is 12.1 Å². The first kappa shape index (κ1) is 21.4. The maximum atomic E-state index is 13.6. The van der Waals surface area contributed by atoms with Gasteiger partial charge in [-0.15, -0.1) is 0 Å². The maximum absolute atomic E-state index is 13.6. The average Bonchev–Trinajstić information content (AvgIpc) is 3.06. The Bertz CT molecular complexity index is 1050. The lowest BCUT2D eigenvalue weighted by Crippen LogP contribution is -2.46. The molecule has 1 fully saturated rings. The molecule has 1 atom stereocenters. The fraction of sp³-hybridized carbons (Fsp3) is 0.231. The van der Waals surface area contributed by atoms with Gasteiger partial charge in [-0.3, -0.25) is 9.69 Å². The first-order chi connectivity index (χ1) is 15.6. The zero-order valence-corrected chi connectivity index (χ0v) is 18.0. The van der Waals surface area contributed by atoms with Gasteiger partial charge >= 0.3 is 6.03 Å². The first-order valence-electron chi connectivity index (χ1n) is 10.7. The molecule has 32 heavy (non-hydrogen) atoms. The zero-order chi connectivity index (χ0) is 22.4. The van der Waals surface area contributed by atoms with Crippen molar-refractivity contribution >= 4 is 11.9 Å². The van der Waals surface area contributed by atoms with Crippen LogP contribution < -0.4 is 14.8 Å². The van der Waals surface area contributed by atoms with Crippen molar-refractivity contribution < 1.29 is 19.1 Å². The van der Waals surface area contributed by atoms with Crippen LogP contribution in [-0.2, 0) is 16.8 Å². The third kappa shape index (κ3) is 4.44. The second-order valence-corrected chi connectivity index (χ2v) is 7.57. The molecule has 3 aromatic rings. The summed E-state index contributed by atoms with van der Waals surface area (Å²) >= 11 is 0. The van der Waals surface area contributed by atoms with E-state index in [1.165, 1.54) is 4.90 Å². The van der Waals surface area contributed by atoms with Gasteiger partial charge in [0.05, 0.1) is 13.2 Å². The highest BCUT2D eigenvalue weighted by atomic mass is 16.5. The number of carbonyl (C=O) groups is 2. The summed E-state index contributed by atoms with van der Waals surface area (Å²) in [6, 6.07) is 26.0. The summed E-state index contributed by atoms with van der Waals surface area (Å²) in [7, 11) is 0. The minimum absolute atomic E-state index is 0.154. The Morgan fingerprint density at radius 3 is 2.03 bits per heavy atom. The van der Waals surface area contributed by atoms with Crippen LogP contribution in [0.3, 0.4) is 0 Å². The molecule has 0 spiro atoms. The van der Waals surface area contributed by atoms with Gasteiger partial charge in [0.15, 0.2) is 5.54 Å². The smallest absolute Gasteiger partial charge is 0.325 e. The number of carbonyl (C=O) groups excluding carboxylic acids is 2. The Hall–Kier alpha value is -3.80. The normalized spacial score (nSPS) is 17.8. The van der Waals surface area contributed by atoms with Crippen LogP contribution in [0.4, 0.5) is 4.79 Å². The molecule has 6 heteroatoms. The number of nitrogens with zero attached hydrogens (tertiary/aromatic N) is 1. The van der Waals surface area contributed by atoms with E-state index in [0.717, 1.165) is 16.9 Å². The van der Waals surface area contributed by atoms with E-state index < -0.39 is 11.6 Å². The Kier molecular flexibility index (Phi) is 6.40. The van der Waals surface area contributed by atoms with E-state index in [0.29, 0.717) is 18.8 Å². The number of ether oxygens (including phenoxy) is 2. The van der Waals surface area contributed by atoms with Crippen LogP contribution >= 0.6 is 0 Å². The minimum atomic E-state index is -1.14. The molecule has 1 N–H and O–H groups in total. The van der Waals surface area contributed by atoms with E-state index >= 15 is 0 Å². The van der Waals surface area contributed by atoms with E-state index in [-0.39, 0.29) is 19.1 Å². The van der Waals surface area contributed by atoms with E-state index in [1.807, 2.05) is 79.7 Å². The highest BCUT2D eigenvalue weighted by molar-refractivity contribution is 6.07. The minimum Gasteiger partial charge on any atom is -0.494 e. The Morgan fingerprint density at radius 1 is 0.812 bits per heavy atom. The summed E-state index contributed by atoms with van der Waals surface area (Å²) in [5.74, 6) is 1.15. The third-order valence-corrected chi connectivity index (χ3v) is 5.47. The molecule has 3 aromatic carbocycles. The van der Waals surface area contributed by atoms with Crippen molar-refractivity contribution in [1.29, 1.82) is 0 Å². The van der Waals surface area contributed by atoms with Crippen LogP contribution in [-0.4, -0.2) is 36.6 Å². The molecule has 1 unspecified atom stereocenters. The molecule has 164 valence electrons. The van der Waals surface area contributed by atoms with E-state index in [2.05, 4.69) is 5.32 Å². The topological polar surface area (TPSA) is 67.9 Å². The molecule has 0 aliphatic carbocycles. The van der Waals surface area contributed by atoms with Gasteiger partial charge in [0.1, 0.15) is 18.1 Å². The predicted octanol–water partition coefficient (Wildman–Crippen LogP) is 4.15. The standard InChI is InChI=1S/C26H26N2O4/c1-2-31-22-13-15-23(16-14-22)32-18-17-28-24(29)26(27-25(28)30,21-11-7-4-8-12-21)19-20-9-5-3-6-10-20/h3-16H,2,17-19H2,1H3,(H,27,30). The lowest BCUT2D eigenvalue weighted by Gasteiger charge is -2.27. The number of imide groups is 1. The van der Waals surface area contributed by atoms with Crippen LogP contribution in [0.5, 0.6) is 11.5 Å². The fourth-order valence-electron chi connectivity index (χ4n) is 3.92. The summed E-state index contributed by atoms with van der Waals surface area (Å²) < 4.78 is 11.2. The van der Waals surface area contributed by atoms with Crippen LogP contribution in [0.2, 0.25) is 0 Å². The predicted molar refractivity (Wildman–Crippen MR) is 122 cm³/mol. The van der Waals surface area contributed by atoms with Crippen molar-refractivity contribution in [3.05, 3.63) is 96.1 Å². The number of rotatable bonds is 9. The van der Waals surface area contributed by atoms with Gasteiger partial charge in [0.2, 0.25) is 0 Å². The summed E-state index contributed by atoms with van der Waals surface area (Å²) in [6.45, 7) is 2.87. The molecular formula is C26H26N2O4. The highest BCUT2D eigenvalue weighted by Crippen LogP contribution is 2.33. The molecule has 4 rings (SSSR count). The number of urea groups is 1. The summed E-state index contributed by atoms with van der Waals surface area (Å²) in [5.41, 5.74) is 0.591. The van der Waals surface area contributed by atoms with Crippen molar-refractivity contribution in [2.75, 3.05) is 19.8 Å². The zero-order valence-electron chi connectivity index (χ0n) is 18.0. The number of hydrogen-bond acceptors (Lipinski definition) is 4. The molecule has 0 aromatic heterocycles. The van der Waals surface area contributed by atoms with Gasteiger partial charge in [0.25, 0.3) is 5.91 Å². The van der Waals surface area contributed by atoms with Gasteiger partial charge in [0, 0.05) is 6.42 Å². The van der Waals surface area contributed by atoms with E-state index in [9.17, 15) is 9.59 Å².